The molecule has 0 amide bonds. The van der Waals surface area contributed by atoms with Crippen molar-refractivity contribution in [1.29, 1.82) is 5.26 Å². The van der Waals surface area contributed by atoms with Gasteiger partial charge in [-0.3, -0.25) is 4.57 Å². The van der Waals surface area contributed by atoms with Crippen molar-refractivity contribution < 1.29 is 9.84 Å². The van der Waals surface area contributed by atoms with Crippen molar-refractivity contribution in [3.63, 3.8) is 0 Å². The molecular formula is C26H23N9O2. The molecule has 4 aromatic heterocycles. The fourth-order valence-electron chi connectivity index (χ4n) is 4.46. The number of rotatable bonds is 5. The van der Waals surface area contributed by atoms with Crippen molar-refractivity contribution in [3.8, 4) is 17.7 Å². The van der Waals surface area contributed by atoms with Gasteiger partial charge in [-0.05, 0) is 62.4 Å². The number of aromatic nitrogens is 7. The summed E-state index contributed by atoms with van der Waals surface area (Å²) < 4.78 is 9.37. The fraction of sp³-hybridized carbons (Fsp3) is 0.231. The molecule has 0 unspecified atom stereocenters. The van der Waals surface area contributed by atoms with Crippen molar-refractivity contribution in [3.05, 3.63) is 77.5 Å². The van der Waals surface area contributed by atoms with E-state index in [1.807, 2.05) is 60.9 Å². The van der Waals surface area contributed by atoms with Crippen LogP contribution in [0.4, 0.5) is 11.5 Å². The Bertz CT molecular complexity index is 1650. The number of aliphatic hydroxyl groups is 1. The van der Waals surface area contributed by atoms with E-state index in [0.717, 1.165) is 33.7 Å². The van der Waals surface area contributed by atoms with E-state index in [2.05, 4.69) is 31.7 Å². The zero-order valence-electron chi connectivity index (χ0n) is 20.2. The number of nitrogens with one attached hydrogen (secondary N) is 1. The number of nitriles is 1. The third-order valence-corrected chi connectivity index (χ3v) is 6.28. The fourth-order valence-corrected chi connectivity index (χ4v) is 4.46. The minimum atomic E-state index is -0.535. The predicted molar refractivity (Wildman–Crippen MR) is 135 cm³/mol. The van der Waals surface area contributed by atoms with Gasteiger partial charge in [0.1, 0.15) is 18.2 Å². The van der Waals surface area contributed by atoms with Crippen LogP contribution in [0.25, 0.3) is 22.7 Å². The second kappa shape index (κ2) is 9.09. The smallest absolute Gasteiger partial charge is 0.163 e. The Hall–Kier alpha value is -4.66. The first-order chi connectivity index (χ1) is 18.0. The van der Waals surface area contributed by atoms with Gasteiger partial charge < -0.3 is 15.2 Å². The number of hydrogen-bond acceptors (Lipinski definition) is 9. The highest BCUT2D eigenvalue weighted by Gasteiger charge is 2.29. The van der Waals surface area contributed by atoms with Gasteiger partial charge in [0.05, 0.1) is 35.5 Å². The van der Waals surface area contributed by atoms with Crippen LogP contribution in [-0.4, -0.2) is 52.3 Å². The van der Waals surface area contributed by atoms with Gasteiger partial charge in [0, 0.05) is 23.4 Å². The predicted octanol–water partition coefficient (Wildman–Crippen LogP) is 3.45. The van der Waals surface area contributed by atoms with Crippen LogP contribution < -0.4 is 5.32 Å². The number of fused-ring (bicyclic) bond motifs is 1. The van der Waals surface area contributed by atoms with Gasteiger partial charge in [-0.25, -0.2) is 14.6 Å². The molecule has 2 atom stereocenters. The summed E-state index contributed by atoms with van der Waals surface area (Å²) in [5.41, 5.74) is 5.18. The molecule has 11 heteroatoms. The van der Waals surface area contributed by atoms with Gasteiger partial charge in [-0.15, -0.1) is 5.10 Å². The van der Waals surface area contributed by atoms with E-state index < -0.39 is 6.10 Å². The molecule has 5 heterocycles. The van der Waals surface area contributed by atoms with Crippen LogP contribution in [0, 0.1) is 25.2 Å². The summed E-state index contributed by atoms with van der Waals surface area (Å²) in [6, 6.07) is 17.2. The molecule has 37 heavy (non-hydrogen) atoms. The number of pyridine rings is 1. The van der Waals surface area contributed by atoms with E-state index in [4.69, 9.17) is 9.72 Å². The maximum atomic E-state index is 10.0. The van der Waals surface area contributed by atoms with Crippen molar-refractivity contribution >= 4 is 22.5 Å². The van der Waals surface area contributed by atoms with Crippen LogP contribution in [0.3, 0.4) is 0 Å². The molecular weight excluding hydrogens is 470 g/mol. The Morgan fingerprint density at radius 3 is 2.73 bits per heavy atom. The third kappa shape index (κ3) is 4.29. The lowest BCUT2D eigenvalue weighted by molar-refractivity contribution is 0.0886. The molecule has 5 aromatic rings. The first-order valence-electron chi connectivity index (χ1n) is 11.8. The summed E-state index contributed by atoms with van der Waals surface area (Å²) >= 11 is 0. The van der Waals surface area contributed by atoms with Crippen LogP contribution in [0.1, 0.15) is 35.2 Å². The first kappa shape index (κ1) is 22.8. The number of hydrogen-bond donors (Lipinski definition) is 2. The first-order valence-corrected chi connectivity index (χ1v) is 11.8. The summed E-state index contributed by atoms with van der Waals surface area (Å²) in [6.07, 6.45) is 1.32. The van der Waals surface area contributed by atoms with Crippen LogP contribution in [-0.2, 0) is 4.74 Å². The topological polar surface area (TPSA) is 140 Å². The lowest BCUT2D eigenvalue weighted by atomic mass is 10.1. The Labute approximate surface area is 212 Å². The lowest BCUT2D eigenvalue weighted by Crippen LogP contribution is -2.12. The molecule has 0 radical (unpaired) electrons. The van der Waals surface area contributed by atoms with E-state index in [-0.39, 0.29) is 12.7 Å². The Morgan fingerprint density at radius 2 is 2.00 bits per heavy atom. The zero-order valence-corrected chi connectivity index (χ0v) is 20.2. The molecule has 0 bridgehead atoms. The Kier molecular flexibility index (Phi) is 5.60. The highest BCUT2D eigenvalue weighted by atomic mass is 16.5. The van der Waals surface area contributed by atoms with E-state index in [1.165, 1.54) is 0 Å². The molecule has 1 aromatic carbocycles. The van der Waals surface area contributed by atoms with Crippen LogP contribution in [0.5, 0.6) is 0 Å². The summed E-state index contributed by atoms with van der Waals surface area (Å²) in [7, 11) is 0. The second-order valence-corrected chi connectivity index (χ2v) is 8.99. The molecule has 6 rings (SSSR count). The summed E-state index contributed by atoms with van der Waals surface area (Å²) in [5, 5.41) is 35.4. The average Bonchev–Trinajstić information content (AvgIpc) is 3.63. The van der Waals surface area contributed by atoms with Gasteiger partial charge in [-0.1, -0.05) is 0 Å². The third-order valence-electron chi connectivity index (χ3n) is 6.28. The van der Waals surface area contributed by atoms with Crippen LogP contribution in [0.2, 0.25) is 0 Å². The number of ether oxygens (including phenoxy) is 1. The number of aryl methyl sites for hydroxylation is 2. The SMILES string of the molecule is Cc1ccc(Nc2ccc3ncn(-c4ccc([C@H]5C[C@@H](O)CO5)c(-n5nc(C#N)cc5C)n4)c3c2)nn1. The molecule has 2 N–H and O–H groups in total. The highest BCUT2D eigenvalue weighted by molar-refractivity contribution is 5.82. The van der Waals surface area contributed by atoms with Gasteiger partial charge in [0.15, 0.2) is 17.3 Å². The van der Waals surface area contributed by atoms with E-state index in [0.29, 0.717) is 29.6 Å². The van der Waals surface area contributed by atoms with E-state index >= 15 is 0 Å². The molecule has 1 saturated heterocycles. The quantitative estimate of drug-likeness (QED) is 0.377. The zero-order chi connectivity index (χ0) is 25.5. The average molecular weight is 494 g/mol. The molecule has 11 nitrogen and oxygen atoms in total. The molecule has 0 saturated carbocycles. The number of nitrogens with zero attached hydrogens (tertiary/aromatic N) is 8. The monoisotopic (exact) mass is 493 g/mol. The van der Waals surface area contributed by atoms with Crippen molar-refractivity contribution in [2.75, 3.05) is 11.9 Å². The summed E-state index contributed by atoms with van der Waals surface area (Å²) in [4.78, 5) is 9.49. The molecule has 1 aliphatic rings. The largest absolute Gasteiger partial charge is 0.391 e. The maximum Gasteiger partial charge on any atom is 0.163 e. The van der Waals surface area contributed by atoms with Gasteiger partial charge in [-0.2, -0.15) is 15.5 Å². The van der Waals surface area contributed by atoms with Crippen molar-refractivity contribution in [1.82, 2.24) is 34.5 Å². The lowest BCUT2D eigenvalue weighted by Gasteiger charge is -2.17. The number of anilines is 2. The number of aliphatic hydroxyl groups excluding tert-OH is 1. The maximum absolute atomic E-state index is 10.0. The van der Waals surface area contributed by atoms with Crippen LogP contribution >= 0.6 is 0 Å². The van der Waals surface area contributed by atoms with E-state index in [9.17, 15) is 10.4 Å². The minimum absolute atomic E-state index is 0.265. The van der Waals surface area contributed by atoms with Gasteiger partial charge in [0.25, 0.3) is 0 Å². The minimum Gasteiger partial charge on any atom is -0.391 e. The number of imidazole rings is 1. The summed E-state index contributed by atoms with van der Waals surface area (Å²) in [5.74, 6) is 1.81. The van der Waals surface area contributed by atoms with Gasteiger partial charge in [0.2, 0.25) is 0 Å². The molecule has 0 aliphatic carbocycles. The molecule has 184 valence electrons. The van der Waals surface area contributed by atoms with Gasteiger partial charge >= 0.3 is 0 Å². The van der Waals surface area contributed by atoms with Crippen molar-refractivity contribution in [2.45, 2.75) is 32.5 Å². The standard InChI is InChI=1S/C26H23N9O2/c1-15-3-7-24(32-31-15)29-17-4-6-21-22(10-17)34(14-28-21)25-8-5-20(23-11-19(36)13-37-23)26(30-25)35-16(2)9-18(12-27)33-35/h3-10,14,19,23,36H,11,13H2,1-2H3,(H,29,32)/t19-,23-/m1/s1. The molecule has 1 aliphatic heterocycles. The normalized spacial score (nSPS) is 17.2. The Balaban J connectivity index is 1.44. The van der Waals surface area contributed by atoms with Crippen molar-refractivity contribution in [2.24, 2.45) is 0 Å². The number of benzene rings is 1. The summed E-state index contributed by atoms with van der Waals surface area (Å²) in [6.45, 7) is 4.02. The highest BCUT2D eigenvalue weighted by Crippen LogP contribution is 2.33. The van der Waals surface area contributed by atoms with Crippen LogP contribution in [0.15, 0.2) is 54.9 Å². The van der Waals surface area contributed by atoms with E-state index in [1.54, 1.807) is 17.1 Å². The Morgan fingerprint density at radius 1 is 1.11 bits per heavy atom. The molecule has 1 fully saturated rings. The molecule has 0 spiro atoms. The second-order valence-electron chi connectivity index (χ2n) is 8.99.